The molecule has 0 amide bonds. The number of nitriles is 1. The van der Waals surface area contributed by atoms with Crippen LogP contribution in [0.2, 0.25) is 0 Å². The van der Waals surface area contributed by atoms with Gasteiger partial charge in [0, 0.05) is 0 Å². The monoisotopic (exact) mass is 305 g/mol. The van der Waals surface area contributed by atoms with Crippen molar-refractivity contribution >= 4 is 0 Å². The Kier molecular flexibility index (Phi) is 4.41. The number of hydrogen-bond donors (Lipinski definition) is 0. The third kappa shape index (κ3) is 3.59. The van der Waals surface area contributed by atoms with Crippen molar-refractivity contribution in [3.05, 3.63) is 59.2 Å². The van der Waals surface area contributed by atoms with Crippen LogP contribution in [0.3, 0.4) is 0 Å². The number of alkyl halides is 3. The molecule has 0 fully saturated rings. The van der Waals surface area contributed by atoms with Gasteiger partial charge in [0.25, 0.3) is 0 Å². The van der Waals surface area contributed by atoms with Crippen LogP contribution in [0.15, 0.2) is 42.5 Å². The van der Waals surface area contributed by atoms with Crippen molar-refractivity contribution in [1.82, 2.24) is 0 Å². The summed E-state index contributed by atoms with van der Waals surface area (Å²) in [6.07, 6.45) is -4.38. The van der Waals surface area contributed by atoms with Crippen molar-refractivity contribution in [3.63, 3.8) is 0 Å². The number of halogens is 3. The molecule has 2 aromatic carbocycles. The number of rotatable bonds is 3. The summed E-state index contributed by atoms with van der Waals surface area (Å²) in [6, 6.07) is 11.6. The molecule has 0 atom stereocenters. The summed E-state index contributed by atoms with van der Waals surface area (Å²) in [4.78, 5) is 0. The largest absolute Gasteiger partial charge is 0.456 e. The van der Waals surface area contributed by atoms with Crippen LogP contribution in [-0.4, -0.2) is 0 Å². The second kappa shape index (κ2) is 6.10. The van der Waals surface area contributed by atoms with Gasteiger partial charge in [-0.2, -0.15) is 18.4 Å². The molecule has 0 saturated heterocycles. The Morgan fingerprint density at radius 1 is 1.05 bits per heavy atom. The van der Waals surface area contributed by atoms with E-state index in [1.165, 1.54) is 12.1 Å². The van der Waals surface area contributed by atoms with Crippen LogP contribution in [0, 0.1) is 11.3 Å². The Morgan fingerprint density at radius 2 is 1.68 bits per heavy atom. The quantitative estimate of drug-likeness (QED) is 0.751. The predicted molar refractivity (Wildman–Crippen MR) is 76.8 cm³/mol. The van der Waals surface area contributed by atoms with E-state index in [4.69, 9.17) is 4.74 Å². The number of hydrogen-bond acceptors (Lipinski definition) is 2. The number of benzene rings is 2. The molecule has 0 aliphatic rings. The fourth-order valence-corrected chi connectivity index (χ4v) is 1.92. The summed E-state index contributed by atoms with van der Waals surface area (Å²) >= 11 is 0. The Balaban J connectivity index is 2.26. The molecule has 0 aromatic heterocycles. The van der Waals surface area contributed by atoms with Gasteiger partial charge in [0.15, 0.2) is 0 Å². The highest BCUT2D eigenvalue weighted by Gasteiger charge is 2.30. The Bertz CT molecular complexity index is 697. The Morgan fingerprint density at radius 3 is 2.18 bits per heavy atom. The summed E-state index contributed by atoms with van der Waals surface area (Å²) in [5.41, 5.74) is 0.609. The second-order valence-corrected chi connectivity index (χ2v) is 5.15. The van der Waals surface area contributed by atoms with E-state index in [0.717, 1.165) is 17.7 Å². The van der Waals surface area contributed by atoms with Crippen molar-refractivity contribution in [2.45, 2.75) is 25.9 Å². The molecule has 0 saturated carbocycles. The van der Waals surface area contributed by atoms with Crippen LogP contribution in [-0.2, 0) is 6.18 Å². The lowest BCUT2D eigenvalue weighted by Gasteiger charge is -2.12. The lowest BCUT2D eigenvalue weighted by molar-refractivity contribution is -0.137. The van der Waals surface area contributed by atoms with Crippen molar-refractivity contribution in [2.75, 3.05) is 0 Å². The first-order valence-corrected chi connectivity index (χ1v) is 6.70. The minimum atomic E-state index is -4.38. The first kappa shape index (κ1) is 15.9. The molecule has 5 heteroatoms. The van der Waals surface area contributed by atoms with E-state index in [-0.39, 0.29) is 11.7 Å². The smallest absolute Gasteiger partial charge is 0.416 e. The van der Waals surface area contributed by atoms with Crippen molar-refractivity contribution in [1.29, 1.82) is 5.26 Å². The average molecular weight is 305 g/mol. The molecule has 22 heavy (non-hydrogen) atoms. The predicted octanol–water partition coefficient (Wildman–Crippen LogP) is 5.49. The van der Waals surface area contributed by atoms with Gasteiger partial charge in [0.2, 0.25) is 0 Å². The van der Waals surface area contributed by atoms with Gasteiger partial charge in [-0.1, -0.05) is 19.9 Å². The average Bonchev–Trinajstić information content (AvgIpc) is 2.47. The summed E-state index contributed by atoms with van der Waals surface area (Å²) < 4.78 is 43.0. The maximum Gasteiger partial charge on any atom is 0.416 e. The topological polar surface area (TPSA) is 33.0 Å². The molecule has 2 aromatic rings. The molecule has 2 rings (SSSR count). The molecule has 0 spiro atoms. The first-order valence-electron chi connectivity index (χ1n) is 6.70. The van der Waals surface area contributed by atoms with Gasteiger partial charge in [-0.25, -0.2) is 0 Å². The molecule has 0 radical (unpaired) electrons. The molecule has 114 valence electrons. The van der Waals surface area contributed by atoms with Gasteiger partial charge >= 0.3 is 6.18 Å². The molecule has 0 heterocycles. The fraction of sp³-hybridized carbons (Fsp3) is 0.235. The highest BCUT2D eigenvalue weighted by molar-refractivity contribution is 5.48. The zero-order valence-electron chi connectivity index (χ0n) is 12.1. The van der Waals surface area contributed by atoms with E-state index in [1.807, 2.05) is 26.0 Å². The lowest BCUT2D eigenvalue weighted by atomic mass is 10.0. The highest BCUT2D eigenvalue weighted by atomic mass is 19.4. The van der Waals surface area contributed by atoms with Crippen LogP contribution in [0.1, 0.15) is 36.5 Å². The van der Waals surface area contributed by atoms with E-state index in [2.05, 4.69) is 0 Å². The third-order valence-electron chi connectivity index (χ3n) is 3.20. The van der Waals surface area contributed by atoms with Crippen molar-refractivity contribution < 1.29 is 17.9 Å². The fourth-order valence-electron chi connectivity index (χ4n) is 1.92. The van der Waals surface area contributed by atoms with Gasteiger partial charge < -0.3 is 4.74 Å². The number of nitrogens with zero attached hydrogens (tertiary/aromatic N) is 1. The van der Waals surface area contributed by atoms with E-state index < -0.39 is 11.7 Å². The van der Waals surface area contributed by atoms with E-state index in [9.17, 15) is 18.4 Å². The minimum absolute atomic E-state index is 0.252. The molecular formula is C17H14F3NO. The van der Waals surface area contributed by atoms with Crippen LogP contribution in [0.25, 0.3) is 0 Å². The van der Waals surface area contributed by atoms with Crippen LogP contribution >= 0.6 is 0 Å². The second-order valence-electron chi connectivity index (χ2n) is 5.15. The Hall–Kier alpha value is -2.48. The summed E-state index contributed by atoms with van der Waals surface area (Å²) in [7, 11) is 0. The standard InChI is InChI=1S/C17H14F3NO/c1-11(2)12-3-8-16(13(9-12)10-21)22-15-6-4-14(5-7-15)17(18,19)20/h3-9,11H,1-2H3. The van der Waals surface area contributed by atoms with E-state index >= 15 is 0 Å². The van der Waals surface area contributed by atoms with Crippen LogP contribution in [0.4, 0.5) is 13.2 Å². The molecule has 0 bridgehead atoms. The van der Waals surface area contributed by atoms with Gasteiger partial charge in [-0.05, 0) is 47.9 Å². The molecular weight excluding hydrogens is 291 g/mol. The highest BCUT2D eigenvalue weighted by Crippen LogP contribution is 2.32. The van der Waals surface area contributed by atoms with E-state index in [1.54, 1.807) is 12.1 Å². The first-order chi connectivity index (χ1) is 10.3. The summed E-state index contributed by atoms with van der Waals surface area (Å²) in [6.45, 7) is 4.01. The molecule has 0 N–H and O–H groups in total. The maximum absolute atomic E-state index is 12.5. The third-order valence-corrected chi connectivity index (χ3v) is 3.20. The van der Waals surface area contributed by atoms with Gasteiger partial charge in [-0.3, -0.25) is 0 Å². The molecule has 0 aliphatic carbocycles. The minimum Gasteiger partial charge on any atom is -0.456 e. The number of ether oxygens (including phenoxy) is 1. The molecule has 0 unspecified atom stereocenters. The summed E-state index contributed by atoms with van der Waals surface area (Å²) in [5, 5.41) is 9.17. The molecule has 2 nitrogen and oxygen atoms in total. The van der Waals surface area contributed by atoms with Gasteiger partial charge in [0.05, 0.1) is 11.1 Å². The normalized spacial score (nSPS) is 11.3. The van der Waals surface area contributed by atoms with Crippen LogP contribution in [0.5, 0.6) is 11.5 Å². The van der Waals surface area contributed by atoms with Gasteiger partial charge in [-0.15, -0.1) is 0 Å². The summed E-state index contributed by atoms with van der Waals surface area (Å²) in [5.74, 6) is 0.848. The molecule has 0 aliphatic heterocycles. The Labute approximate surface area is 126 Å². The van der Waals surface area contributed by atoms with Crippen molar-refractivity contribution in [2.24, 2.45) is 0 Å². The van der Waals surface area contributed by atoms with Crippen molar-refractivity contribution in [3.8, 4) is 17.6 Å². The van der Waals surface area contributed by atoms with E-state index in [0.29, 0.717) is 11.3 Å². The SMILES string of the molecule is CC(C)c1ccc(Oc2ccc(C(F)(F)F)cc2)c(C#N)c1. The zero-order valence-corrected chi connectivity index (χ0v) is 12.1. The van der Waals surface area contributed by atoms with Gasteiger partial charge in [0.1, 0.15) is 17.6 Å². The maximum atomic E-state index is 12.5. The van der Waals surface area contributed by atoms with Crippen LogP contribution < -0.4 is 4.74 Å². The lowest BCUT2D eigenvalue weighted by Crippen LogP contribution is -2.04. The zero-order chi connectivity index (χ0) is 16.3.